The van der Waals surface area contributed by atoms with E-state index in [0.717, 1.165) is 51.1 Å². The summed E-state index contributed by atoms with van der Waals surface area (Å²) in [6, 6.07) is 6.99. The summed E-state index contributed by atoms with van der Waals surface area (Å²) < 4.78 is 19.7. The molecule has 1 aromatic rings. The molecule has 2 aliphatic heterocycles. The molecule has 0 aliphatic carbocycles. The molecule has 3 rings (SSSR count). The molecule has 0 unspecified atom stereocenters. The highest BCUT2D eigenvalue weighted by molar-refractivity contribution is 5.78. The standard InChI is InChI=1S/C23H36FN3O2/c1-4-25-10-8-21(9-11-25)26-14-22(15-27(13-18(2)3)23(28)16-26)29-17-19-6-5-7-20(24)12-19/h5-7,12,18,21-22H,4,8-11,13-17H2,1-3H3/t22-/m1/s1. The zero-order valence-corrected chi connectivity index (χ0v) is 18.1. The predicted octanol–water partition coefficient (Wildman–Crippen LogP) is 3.00. The summed E-state index contributed by atoms with van der Waals surface area (Å²) in [6.45, 7) is 12.7. The number of nitrogens with zero attached hydrogens (tertiary/aromatic N) is 3. The van der Waals surface area contributed by atoms with Crippen molar-refractivity contribution in [2.75, 3.05) is 45.8 Å². The molecule has 1 amide bonds. The Morgan fingerprint density at radius 3 is 2.62 bits per heavy atom. The zero-order chi connectivity index (χ0) is 20.8. The lowest BCUT2D eigenvalue weighted by Crippen LogP contribution is -2.48. The van der Waals surface area contributed by atoms with Crippen molar-refractivity contribution in [3.05, 3.63) is 35.6 Å². The monoisotopic (exact) mass is 405 g/mol. The van der Waals surface area contributed by atoms with Crippen molar-refractivity contribution in [3.63, 3.8) is 0 Å². The average Bonchev–Trinajstić information content (AvgIpc) is 2.85. The number of hydrogen-bond donors (Lipinski definition) is 0. The number of piperidine rings is 1. The SMILES string of the molecule is CCN1CCC(N2CC(=O)N(CC(C)C)C[C@H](OCc3cccc(F)c3)C2)CC1. The van der Waals surface area contributed by atoms with Gasteiger partial charge in [0.05, 0.1) is 19.3 Å². The van der Waals surface area contributed by atoms with Crippen molar-refractivity contribution in [2.24, 2.45) is 5.92 Å². The Morgan fingerprint density at radius 2 is 1.97 bits per heavy atom. The van der Waals surface area contributed by atoms with Gasteiger partial charge in [-0.1, -0.05) is 32.9 Å². The van der Waals surface area contributed by atoms with Crippen LogP contribution in [0.5, 0.6) is 0 Å². The van der Waals surface area contributed by atoms with Crippen molar-refractivity contribution >= 4 is 5.91 Å². The Bertz CT molecular complexity index is 661. The summed E-state index contributed by atoms with van der Waals surface area (Å²) in [5.41, 5.74) is 0.832. The molecule has 6 heteroatoms. The Balaban J connectivity index is 1.67. The van der Waals surface area contributed by atoms with E-state index in [0.29, 0.717) is 31.7 Å². The van der Waals surface area contributed by atoms with E-state index in [-0.39, 0.29) is 17.8 Å². The van der Waals surface area contributed by atoms with Gasteiger partial charge >= 0.3 is 0 Å². The van der Waals surface area contributed by atoms with E-state index in [4.69, 9.17) is 4.74 Å². The van der Waals surface area contributed by atoms with E-state index in [1.165, 1.54) is 12.1 Å². The molecule has 0 N–H and O–H groups in total. The lowest BCUT2D eigenvalue weighted by Gasteiger charge is -2.38. The molecule has 0 spiro atoms. The Hall–Kier alpha value is -1.50. The molecular formula is C23H36FN3O2. The van der Waals surface area contributed by atoms with Crippen LogP contribution in [-0.2, 0) is 16.1 Å². The highest BCUT2D eigenvalue weighted by Crippen LogP contribution is 2.21. The van der Waals surface area contributed by atoms with Gasteiger partial charge in [-0.15, -0.1) is 0 Å². The molecule has 0 radical (unpaired) electrons. The van der Waals surface area contributed by atoms with Crippen molar-refractivity contribution in [2.45, 2.75) is 52.4 Å². The second kappa shape index (κ2) is 10.5. The van der Waals surface area contributed by atoms with Crippen LogP contribution >= 0.6 is 0 Å². The lowest BCUT2D eigenvalue weighted by atomic mass is 10.0. The molecule has 2 fully saturated rings. The van der Waals surface area contributed by atoms with Crippen LogP contribution in [0.2, 0.25) is 0 Å². The van der Waals surface area contributed by atoms with Gasteiger partial charge in [-0.2, -0.15) is 0 Å². The Kier molecular flexibility index (Phi) is 8.04. The van der Waals surface area contributed by atoms with Crippen LogP contribution in [0.4, 0.5) is 4.39 Å². The maximum atomic E-state index is 13.5. The normalized spacial score (nSPS) is 23.0. The third-order valence-electron chi connectivity index (χ3n) is 6.03. The fraction of sp³-hybridized carbons (Fsp3) is 0.696. The predicted molar refractivity (Wildman–Crippen MR) is 113 cm³/mol. The number of benzene rings is 1. The van der Waals surface area contributed by atoms with Crippen molar-refractivity contribution < 1.29 is 13.9 Å². The number of rotatable bonds is 7. The van der Waals surface area contributed by atoms with Crippen molar-refractivity contribution in [1.29, 1.82) is 0 Å². The first-order valence-electron chi connectivity index (χ1n) is 11.0. The van der Waals surface area contributed by atoms with E-state index in [1.54, 1.807) is 6.07 Å². The fourth-order valence-corrected chi connectivity index (χ4v) is 4.45. The van der Waals surface area contributed by atoms with Gasteiger partial charge < -0.3 is 14.5 Å². The molecule has 2 heterocycles. The molecule has 1 atom stereocenters. The molecule has 0 saturated carbocycles. The van der Waals surface area contributed by atoms with E-state index in [2.05, 4.69) is 30.6 Å². The van der Waals surface area contributed by atoms with Crippen LogP contribution in [0.1, 0.15) is 39.2 Å². The number of halogens is 1. The van der Waals surface area contributed by atoms with E-state index in [9.17, 15) is 9.18 Å². The largest absolute Gasteiger partial charge is 0.370 e. The van der Waals surface area contributed by atoms with Crippen molar-refractivity contribution in [1.82, 2.24) is 14.7 Å². The summed E-state index contributed by atoms with van der Waals surface area (Å²) >= 11 is 0. The van der Waals surface area contributed by atoms with Gasteiger partial charge in [-0.25, -0.2) is 4.39 Å². The topological polar surface area (TPSA) is 36.0 Å². The van der Waals surface area contributed by atoms with Crippen molar-refractivity contribution in [3.8, 4) is 0 Å². The summed E-state index contributed by atoms with van der Waals surface area (Å²) in [6.07, 6.45) is 2.14. The molecular weight excluding hydrogens is 369 g/mol. The minimum atomic E-state index is -0.243. The smallest absolute Gasteiger partial charge is 0.236 e. The van der Waals surface area contributed by atoms with Crippen LogP contribution in [-0.4, -0.2) is 78.6 Å². The summed E-state index contributed by atoms with van der Waals surface area (Å²) in [7, 11) is 0. The Morgan fingerprint density at radius 1 is 1.21 bits per heavy atom. The molecule has 5 nitrogen and oxygen atoms in total. The maximum absolute atomic E-state index is 13.5. The quantitative estimate of drug-likeness (QED) is 0.699. The lowest BCUT2D eigenvalue weighted by molar-refractivity contribution is -0.132. The number of carbonyl (C=O) groups is 1. The number of ether oxygens (including phenoxy) is 1. The Labute approximate surface area is 174 Å². The van der Waals surface area contributed by atoms with Crippen LogP contribution in [0.25, 0.3) is 0 Å². The van der Waals surface area contributed by atoms with Crippen LogP contribution in [0.15, 0.2) is 24.3 Å². The highest BCUT2D eigenvalue weighted by Gasteiger charge is 2.33. The molecule has 0 aromatic heterocycles. The second-order valence-corrected chi connectivity index (χ2v) is 8.85. The van der Waals surface area contributed by atoms with E-state index in [1.807, 2.05) is 11.0 Å². The van der Waals surface area contributed by atoms with Crippen LogP contribution in [0.3, 0.4) is 0 Å². The van der Waals surface area contributed by atoms with Crippen LogP contribution < -0.4 is 0 Å². The van der Waals surface area contributed by atoms with Gasteiger partial charge in [0.25, 0.3) is 0 Å². The van der Waals surface area contributed by atoms with E-state index < -0.39 is 0 Å². The number of carbonyl (C=O) groups excluding carboxylic acids is 1. The first-order valence-corrected chi connectivity index (χ1v) is 11.0. The third kappa shape index (κ3) is 6.49. The summed E-state index contributed by atoms with van der Waals surface area (Å²) in [4.78, 5) is 19.7. The fourth-order valence-electron chi connectivity index (χ4n) is 4.45. The third-order valence-corrected chi connectivity index (χ3v) is 6.03. The van der Waals surface area contributed by atoms with Gasteiger partial charge in [0, 0.05) is 25.7 Å². The molecule has 1 aromatic carbocycles. The minimum absolute atomic E-state index is 0.0623. The average molecular weight is 406 g/mol. The molecule has 2 aliphatic rings. The van der Waals surface area contributed by atoms with Gasteiger partial charge in [-0.05, 0) is 56.1 Å². The maximum Gasteiger partial charge on any atom is 0.236 e. The molecule has 0 bridgehead atoms. The van der Waals surface area contributed by atoms with Gasteiger partial charge in [0.15, 0.2) is 0 Å². The molecule has 29 heavy (non-hydrogen) atoms. The number of likely N-dealkylation sites (tertiary alicyclic amines) is 1. The highest BCUT2D eigenvalue weighted by atomic mass is 19.1. The first kappa shape index (κ1) is 22.2. The van der Waals surface area contributed by atoms with Crippen LogP contribution in [0, 0.1) is 11.7 Å². The van der Waals surface area contributed by atoms with Gasteiger partial charge in [0.2, 0.25) is 5.91 Å². The zero-order valence-electron chi connectivity index (χ0n) is 18.1. The summed E-state index contributed by atoms with van der Waals surface area (Å²) in [5, 5.41) is 0. The van der Waals surface area contributed by atoms with Gasteiger partial charge in [0.1, 0.15) is 5.82 Å². The van der Waals surface area contributed by atoms with Gasteiger partial charge in [-0.3, -0.25) is 9.69 Å². The number of amides is 1. The minimum Gasteiger partial charge on any atom is -0.370 e. The second-order valence-electron chi connectivity index (χ2n) is 8.85. The number of hydrogen-bond acceptors (Lipinski definition) is 4. The first-order chi connectivity index (χ1) is 13.9. The molecule has 2 saturated heterocycles. The molecule has 162 valence electrons. The van der Waals surface area contributed by atoms with E-state index >= 15 is 0 Å². The summed E-state index contributed by atoms with van der Waals surface area (Å²) in [5.74, 6) is 0.378.